The molecule has 0 saturated carbocycles. The molecule has 0 heterocycles. The van der Waals surface area contributed by atoms with Gasteiger partial charge in [0.25, 0.3) is 0 Å². The van der Waals surface area contributed by atoms with E-state index in [4.69, 9.17) is 10.5 Å². The first-order valence-electron chi connectivity index (χ1n) is 6.16. The number of benzene rings is 1. The molecule has 1 aromatic carbocycles. The van der Waals surface area contributed by atoms with Crippen molar-refractivity contribution in [3.8, 4) is 0 Å². The summed E-state index contributed by atoms with van der Waals surface area (Å²) in [5.74, 6) is 0. The normalized spacial score (nSPS) is 11.5. The van der Waals surface area contributed by atoms with E-state index in [0.29, 0.717) is 31.1 Å². The summed E-state index contributed by atoms with van der Waals surface area (Å²) in [5.41, 5.74) is 6.94. The van der Waals surface area contributed by atoms with Gasteiger partial charge in [-0.05, 0) is 38.6 Å². The Morgan fingerprint density at radius 1 is 1.37 bits per heavy atom. The van der Waals surface area contributed by atoms with E-state index in [1.165, 1.54) is 19.2 Å². The molecule has 0 atom stereocenters. The predicted molar refractivity (Wildman–Crippen MR) is 76.7 cm³/mol. The van der Waals surface area contributed by atoms with Crippen LogP contribution in [0.5, 0.6) is 0 Å². The van der Waals surface area contributed by atoms with Gasteiger partial charge in [0.2, 0.25) is 10.0 Å². The molecule has 0 spiro atoms. The van der Waals surface area contributed by atoms with Crippen molar-refractivity contribution in [3.63, 3.8) is 0 Å². The number of ether oxygens (including phenoxy) is 1. The van der Waals surface area contributed by atoms with Gasteiger partial charge in [0.1, 0.15) is 0 Å². The summed E-state index contributed by atoms with van der Waals surface area (Å²) in [6.45, 7) is 3.97. The highest BCUT2D eigenvalue weighted by atomic mass is 32.2. The standard InChI is InChI=1S/C12H21N3O3S/c1-3-18-8-4-7-15-12-9-10(5-6-11(12)13)19(16,17)14-2/h5-6,9,14-15H,3-4,7-8,13H2,1-2H3. The van der Waals surface area contributed by atoms with Crippen molar-refractivity contribution in [2.45, 2.75) is 18.2 Å². The maximum absolute atomic E-state index is 11.7. The molecule has 0 bridgehead atoms. The molecule has 0 aliphatic carbocycles. The van der Waals surface area contributed by atoms with Crippen molar-refractivity contribution >= 4 is 21.4 Å². The summed E-state index contributed by atoms with van der Waals surface area (Å²) in [6, 6.07) is 4.59. The minimum absolute atomic E-state index is 0.191. The van der Waals surface area contributed by atoms with E-state index in [0.717, 1.165) is 6.42 Å². The molecule has 0 unspecified atom stereocenters. The van der Waals surface area contributed by atoms with Gasteiger partial charge >= 0.3 is 0 Å². The Labute approximate surface area is 114 Å². The number of nitrogens with one attached hydrogen (secondary N) is 2. The van der Waals surface area contributed by atoms with Gasteiger partial charge in [-0.3, -0.25) is 0 Å². The summed E-state index contributed by atoms with van der Waals surface area (Å²) in [4.78, 5) is 0.191. The average Bonchev–Trinajstić information content (AvgIpc) is 2.40. The second kappa shape index (κ2) is 7.32. The Kier molecular flexibility index (Phi) is 6.07. The van der Waals surface area contributed by atoms with Crippen molar-refractivity contribution in [3.05, 3.63) is 18.2 Å². The second-order valence-electron chi connectivity index (χ2n) is 3.93. The minimum Gasteiger partial charge on any atom is -0.397 e. The number of nitrogens with two attached hydrogens (primary N) is 1. The fourth-order valence-electron chi connectivity index (χ4n) is 1.52. The zero-order chi connectivity index (χ0) is 14.3. The van der Waals surface area contributed by atoms with Crippen LogP contribution in [0.2, 0.25) is 0 Å². The van der Waals surface area contributed by atoms with Crippen molar-refractivity contribution in [1.82, 2.24) is 4.72 Å². The van der Waals surface area contributed by atoms with Crippen LogP contribution >= 0.6 is 0 Å². The lowest BCUT2D eigenvalue weighted by Gasteiger charge is -2.11. The van der Waals surface area contributed by atoms with Gasteiger partial charge in [-0.2, -0.15) is 0 Å². The molecule has 0 amide bonds. The summed E-state index contributed by atoms with van der Waals surface area (Å²) in [7, 11) is -2.07. The zero-order valence-corrected chi connectivity index (χ0v) is 12.1. The SMILES string of the molecule is CCOCCCNc1cc(S(=O)(=O)NC)ccc1N. The van der Waals surface area contributed by atoms with Crippen LogP contribution in [-0.2, 0) is 14.8 Å². The molecule has 0 saturated heterocycles. The molecular weight excluding hydrogens is 266 g/mol. The first kappa shape index (κ1) is 15.7. The zero-order valence-electron chi connectivity index (χ0n) is 11.3. The van der Waals surface area contributed by atoms with E-state index >= 15 is 0 Å². The number of hydrogen-bond donors (Lipinski definition) is 3. The molecule has 0 aromatic heterocycles. The van der Waals surface area contributed by atoms with Crippen LogP contribution in [0.25, 0.3) is 0 Å². The Morgan fingerprint density at radius 3 is 2.74 bits per heavy atom. The average molecular weight is 287 g/mol. The number of anilines is 2. The largest absolute Gasteiger partial charge is 0.397 e. The minimum atomic E-state index is -3.45. The lowest BCUT2D eigenvalue weighted by molar-refractivity contribution is 0.147. The van der Waals surface area contributed by atoms with Gasteiger partial charge in [0.15, 0.2) is 0 Å². The Balaban J connectivity index is 2.70. The smallest absolute Gasteiger partial charge is 0.240 e. The van der Waals surface area contributed by atoms with Gasteiger partial charge in [-0.1, -0.05) is 0 Å². The van der Waals surface area contributed by atoms with Crippen molar-refractivity contribution in [1.29, 1.82) is 0 Å². The van der Waals surface area contributed by atoms with E-state index in [2.05, 4.69) is 10.0 Å². The molecule has 1 aromatic rings. The summed E-state index contributed by atoms with van der Waals surface area (Å²) in [5, 5.41) is 3.11. The van der Waals surface area contributed by atoms with Gasteiger partial charge in [-0.15, -0.1) is 0 Å². The van der Waals surface area contributed by atoms with E-state index < -0.39 is 10.0 Å². The highest BCUT2D eigenvalue weighted by Gasteiger charge is 2.12. The van der Waals surface area contributed by atoms with Crippen LogP contribution in [0, 0.1) is 0 Å². The molecule has 0 aliphatic rings. The summed E-state index contributed by atoms with van der Waals surface area (Å²) in [6.07, 6.45) is 0.830. The first-order chi connectivity index (χ1) is 9.01. The topological polar surface area (TPSA) is 93.4 Å². The van der Waals surface area contributed by atoms with Crippen molar-refractivity contribution < 1.29 is 13.2 Å². The molecule has 1 rings (SSSR count). The van der Waals surface area contributed by atoms with Gasteiger partial charge in [0.05, 0.1) is 16.3 Å². The third-order valence-corrected chi connectivity index (χ3v) is 4.00. The number of rotatable bonds is 8. The van der Waals surface area contributed by atoms with Crippen LogP contribution in [0.4, 0.5) is 11.4 Å². The maximum Gasteiger partial charge on any atom is 0.240 e. The van der Waals surface area contributed by atoms with Crippen LogP contribution in [0.15, 0.2) is 23.1 Å². The summed E-state index contributed by atoms with van der Waals surface area (Å²) >= 11 is 0. The lowest BCUT2D eigenvalue weighted by Crippen LogP contribution is -2.19. The Morgan fingerprint density at radius 2 is 2.11 bits per heavy atom. The molecular formula is C12H21N3O3S. The fourth-order valence-corrected chi connectivity index (χ4v) is 2.27. The molecule has 108 valence electrons. The number of hydrogen-bond acceptors (Lipinski definition) is 5. The number of sulfonamides is 1. The quantitative estimate of drug-likeness (QED) is 0.490. The number of nitrogen functional groups attached to an aromatic ring is 1. The van der Waals surface area contributed by atoms with Crippen LogP contribution in [0.1, 0.15) is 13.3 Å². The van der Waals surface area contributed by atoms with Gasteiger partial charge in [0, 0.05) is 19.8 Å². The van der Waals surface area contributed by atoms with Gasteiger partial charge < -0.3 is 15.8 Å². The molecule has 19 heavy (non-hydrogen) atoms. The Hall–Kier alpha value is -1.31. The monoisotopic (exact) mass is 287 g/mol. The second-order valence-corrected chi connectivity index (χ2v) is 5.82. The third-order valence-electron chi connectivity index (χ3n) is 2.59. The molecule has 0 fully saturated rings. The van der Waals surface area contributed by atoms with Gasteiger partial charge in [-0.25, -0.2) is 13.1 Å². The maximum atomic E-state index is 11.7. The van der Waals surface area contributed by atoms with E-state index in [9.17, 15) is 8.42 Å². The fraction of sp³-hybridized carbons (Fsp3) is 0.500. The molecule has 6 nitrogen and oxygen atoms in total. The molecule has 0 aliphatic heterocycles. The third kappa shape index (κ3) is 4.70. The van der Waals surface area contributed by atoms with Crippen molar-refractivity contribution in [2.75, 3.05) is 37.9 Å². The van der Waals surface area contributed by atoms with Crippen LogP contribution in [0.3, 0.4) is 0 Å². The lowest BCUT2D eigenvalue weighted by atomic mass is 10.2. The van der Waals surface area contributed by atoms with E-state index in [1.54, 1.807) is 6.07 Å². The highest BCUT2D eigenvalue weighted by molar-refractivity contribution is 7.89. The Bertz CT molecular complexity index is 503. The predicted octanol–water partition coefficient (Wildman–Crippen LogP) is 1.02. The highest BCUT2D eigenvalue weighted by Crippen LogP contribution is 2.22. The van der Waals surface area contributed by atoms with Crippen LogP contribution < -0.4 is 15.8 Å². The molecule has 4 N–H and O–H groups in total. The van der Waals surface area contributed by atoms with E-state index in [-0.39, 0.29) is 4.90 Å². The molecule has 7 heteroatoms. The van der Waals surface area contributed by atoms with E-state index in [1.807, 2.05) is 6.92 Å². The van der Waals surface area contributed by atoms with Crippen LogP contribution in [-0.4, -0.2) is 35.2 Å². The molecule has 0 radical (unpaired) electrons. The first-order valence-corrected chi connectivity index (χ1v) is 7.64. The van der Waals surface area contributed by atoms with Crippen molar-refractivity contribution in [2.24, 2.45) is 0 Å². The summed E-state index contributed by atoms with van der Waals surface area (Å²) < 4.78 is 30.9.